The van der Waals surface area contributed by atoms with Crippen LogP contribution in [0.3, 0.4) is 0 Å². The Bertz CT molecular complexity index is 133. The van der Waals surface area contributed by atoms with Gasteiger partial charge in [-0.2, -0.15) is 0 Å². The average molecular weight is 184 g/mol. The van der Waals surface area contributed by atoms with Gasteiger partial charge in [0.1, 0.15) is 9.28 Å². The fourth-order valence-corrected chi connectivity index (χ4v) is 9.05. The summed E-state index contributed by atoms with van der Waals surface area (Å²) in [5.41, 5.74) is 0.641. The van der Waals surface area contributed by atoms with Crippen LogP contribution in [0, 0.1) is 0 Å². The van der Waals surface area contributed by atoms with E-state index < -0.39 is 8.31 Å². The van der Waals surface area contributed by atoms with Crippen molar-refractivity contribution < 1.29 is 4.43 Å². The van der Waals surface area contributed by atoms with Crippen LogP contribution in [-0.2, 0) is 4.43 Å². The highest BCUT2D eigenvalue weighted by atomic mass is 29.2. The molecule has 62 valence electrons. The van der Waals surface area contributed by atoms with Crippen LogP contribution in [0.4, 0.5) is 0 Å². The van der Waals surface area contributed by atoms with Gasteiger partial charge in [0, 0.05) is 6.61 Å². The van der Waals surface area contributed by atoms with Crippen molar-refractivity contribution in [3.8, 4) is 0 Å². The van der Waals surface area contributed by atoms with E-state index in [-0.39, 0.29) is 9.28 Å². The molecular weight excluding hydrogens is 168 g/mol. The molecule has 1 rings (SSSR count). The lowest BCUT2D eigenvalue weighted by Gasteiger charge is -2.23. The molecule has 0 aliphatic carbocycles. The van der Waals surface area contributed by atoms with E-state index >= 15 is 0 Å². The average Bonchev–Trinajstić information content (AvgIpc) is 2.09. The Labute approximate surface area is 72.5 Å². The van der Waals surface area contributed by atoms with Crippen molar-refractivity contribution in [1.29, 1.82) is 0 Å². The molecule has 1 heterocycles. The topological polar surface area (TPSA) is 9.23 Å². The second-order valence-corrected chi connectivity index (χ2v) is 10.8. The van der Waals surface area contributed by atoms with E-state index in [1.807, 2.05) is 0 Å². The summed E-state index contributed by atoms with van der Waals surface area (Å²) in [4.78, 5) is 0. The molecule has 0 radical (unpaired) electrons. The van der Waals surface area contributed by atoms with E-state index in [1.54, 1.807) is 0 Å². The predicted octanol–water partition coefficient (Wildman–Crippen LogP) is 0.956. The molecule has 0 spiro atoms. The van der Waals surface area contributed by atoms with Crippen molar-refractivity contribution in [1.82, 2.24) is 0 Å². The molecule has 0 amide bonds. The van der Waals surface area contributed by atoms with Crippen LogP contribution >= 0.6 is 0 Å². The molecule has 3 heteroatoms. The van der Waals surface area contributed by atoms with Crippen molar-refractivity contribution in [3.05, 3.63) is 25.3 Å². The lowest BCUT2D eigenvalue weighted by Crippen LogP contribution is -2.33. The zero-order valence-corrected chi connectivity index (χ0v) is 9.53. The minimum Gasteiger partial charge on any atom is -0.428 e. The van der Waals surface area contributed by atoms with Crippen molar-refractivity contribution in [2.75, 3.05) is 6.61 Å². The summed E-state index contributed by atoms with van der Waals surface area (Å²) in [6.07, 6.45) is 5.40. The zero-order chi connectivity index (χ0) is 8.10. The third kappa shape index (κ3) is 2.43. The summed E-state index contributed by atoms with van der Waals surface area (Å²) in [7, 11) is -0.711. The molecule has 0 bridgehead atoms. The summed E-state index contributed by atoms with van der Waals surface area (Å²) >= 11 is 0. The second kappa shape index (κ2) is 4.69. The minimum atomic E-state index is -0.561. The lowest BCUT2D eigenvalue weighted by atomic mass is 10.4. The Morgan fingerprint density at radius 3 is 2.64 bits per heavy atom. The van der Waals surface area contributed by atoms with Crippen molar-refractivity contribution >= 4 is 17.6 Å². The van der Waals surface area contributed by atoms with Gasteiger partial charge in [-0.05, 0) is 12.0 Å². The van der Waals surface area contributed by atoms with Gasteiger partial charge in [0.2, 0.25) is 0 Å². The lowest BCUT2D eigenvalue weighted by molar-refractivity contribution is 0.335. The van der Waals surface area contributed by atoms with Crippen LogP contribution in [0.25, 0.3) is 0 Å². The van der Waals surface area contributed by atoms with Gasteiger partial charge in [0.05, 0.1) is 8.31 Å². The Hall–Kier alpha value is -0.126. The molecule has 1 fully saturated rings. The number of allylic oxidation sites excluding steroid dienone is 2. The summed E-state index contributed by atoms with van der Waals surface area (Å²) in [5, 5.41) is 0. The minimum absolute atomic E-state index is 0.151. The molecule has 1 unspecified atom stereocenters. The SMILES string of the molecule is C=CC(C=C)[SiH]1CCCO[SiH2]1. The summed E-state index contributed by atoms with van der Waals surface area (Å²) in [6.45, 7) is 8.70. The van der Waals surface area contributed by atoms with Gasteiger partial charge < -0.3 is 4.43 Å². The summed E-state index contributed by atoms with van der Waals surface area (Å²) < 4.78 is 5.57. The van der Waals surface area contributed by atoms with Crippen LogP contribution in [0.15, 0.2) is 25.3 Å². The molecule has 1 aliphatic rings. The third-order valence-electron chi connectivity index (χ3n) is 2.28. The smallest absolute Gasteiger partial charge is 0.148 e. The first-order valence-corrected chi connectivity index (χ1v) is 9.54. The number of hydrogen-bond acceptors (Lipinski definition) is 1. The van der Waals surface area contributed by atoms with Gasteiger partial charge in [-0.1, -0.05) is 18.2 Å². The standard InChI is InChI=1S/C8H16OSi2/c1-3-8(4-2)11-7-5-6-9-10-11/h3-4,8,11H,1-2,5-7,10H2. The first-order valence-electron chi connectivity index (χ1n) is 4.21. The van der Waals surface area contributed by atoms with E-state index in [1.165, 1.54) is 12.5 Å². The number of hydrogen-bond donors (Lipinski definition) is 0. The van der Waals surface area contributed by atoms with Crippen LogP contribution in [0.1, 0.15) is 6.42 Å². The van der Waals surface area contributed by atoms with E-state index in [9.17, 15) is 0 Å². The van der Waals surface area contributed by atoms with Gasteiger partial charge in [-0.3, -0.25) is 0 Å². The van der Waals surface area contributed by atoms with Crippen LogP contribution in [0.2, 0.25) is 11.6 Å². The van der Waals surface area contributed by atoms with Crippen molar-refractivity contribution in [3.63, 3.8) is 0 Å². The van der Waals surface area contributed by atoms with Gasteiger partial charge in [0.25, 0.3) is 0 Å². The maximum absolute atomic E-state index is 5.57. The molecule has 11 heavy (non-hydrogen) atoms. The van der Waals surface area contributed by atoms with Crippen LogP contribution < -0.4 is 0 Å². The van der Waals surface area contributed by atoms with Gasteiger partial charge in [-0.25, -0.2) is 0 Å². The van der Waals surface area contributed by atoms with Crippen molar-refractivity contribution in [2.24, 2.45) is 0 Å². The van der Waals surface area contributed by atoms with Gasteiger partial charge >= 0.3 is 0 Å². The summed E-state index contributed by atoms with van der Waals surface area (Å²) in [5.74, 6) is 0. The Morgan fingerprint density at radius 1 is 1.45 bits per heavy atom. The second-order valence-electron chi connectivity index (χ2n) is 3.03. The highest BCUT2D eigenvalue weighted by Gasteiger charge is 2.21. The molecule has 1 atom stereocenters. The van der Waals surface area contributed by atoms with Crippen LogP contribution in [-0.4, -0.2) is 24.2 Å². The fourth-order valence-electron chi connectivity index (χ4n) is 1.55. The molecule has 1 saturated heterocycles. The maximum Gasteiger partial charge on any atom is 0.148 e. The summed E-state index contributed by atoms with van der Waals surface area (Å²) in [6, 6.07) is 1.45. The van der Waals surface area contributed by atoms with E-state index in [4.69, 9.17) is 4.43 Å². The molecule has 0 saturated carbocycles. The Balaban J connectivity index is 2.42. The zero-order valence-electron chi connectivity index (χ0n) is 6.96. The fraction of sp³-hybridized carbons (Fsp3) is 0.500. The van der Waals surface area contributed by atoms with Gasteiger partial charge in [0.15, 0.2) is 0 Å². The molecule has 1 nitrogen and oxygen atoms in total. The highest BCUT2D eigenvalue weighted by molar-refractivity contribution is 7.11. The van der Waals surface area contributed by atoms with Crippen LogP contribution in [0.5, 0.6) is 0 Å². The first-order chi connectivity index (χ1) is 5.38. The Morgan fingerprint density at radius 2 is 2.18 bits per heavy atom. The predicted molar refractivity (Wildman–Crippen MR) is 55.2 cm³/mol. The third-order valence-corrected chi connectivity index (χ3v) is 10.9. The normalized spacial score (nSPS) is 27.2. The quantitative estimate of drug-likeness (QED) is 0.469. The van der Waals surface area contributed by atoms with E-state index in [0.717, 1.165) is 6.61 Å². The molecule has 0 aromatic rings. The Kier molecular flexibility index (Phi) is 3.82. The van der Waals surface area contributed by atoms with Gasteiger partial charge in [-0.15, -0.1) is 13.2 Å². The van der Waals surface area contributed by atoms with E-state index in [0.29, 0.717) is 5.54 Å². The monoisotopic (exact) mass is 184 g/mol. The molecule has 1 aliphatic heterocycles. The number of rotatable bonds is 3. The molecular formula is C8H16OSi2. The van der Waals surface area contributed by atoms with E-state index in [2.05, 4.69) is 25.3 Å². The molecule has 0 aromatic heterocycles. The largest absolute Gasteiger partial charge is 0.428 e. The maximum atomic E-state index is 5.57. The highest BCUT2D eigenvalue weighted by Crippen LogP contribution is 2.19. The first kappa shape index (κ1) is 8.97. The molecule has 0 aromatic carbocycles. The molecule has 0 N–H and O–H groups in total. The van der Waals surface area contributed by atoms with Crippen molar-refractivity contribution in [2.45, 2.75) is 18.0 Å².